The molecule has 1 aliphatic carbocycles. The number of rotatable bonds is 2. The number of nitrogens with zero attached hydrogens (tertiary/aromatic N) is 2. The summed E-state index contributed by atoms with van der Waals surface area (Å²) in [6.45, 7) is 0.544. The van der Waals surface area contributed by atoms with Crippen molar-refractivity contribution < 1.29 is 23.2 Å². The highest BCUT2D eigenvalue weighted by atomic mass is 19.3. The number of non-ortho nitro benzene ring substituents is 1. The van der Waals surface area contributed by atoms with E-state index in [0.717, 1.165) is 0 Å². The molecule has 2 aliphatic rings. The fourth-order valence-corrected chi connectivity index (χ4v) is 2.96. The second-order valence-electron chi connectivity index (χ2n) is 5.68. The topological polar surface area (TPSA) is 72.7 Å². The number of likely N-dealkylation sites (tertiary alicyclic amines) is 1. The fourth-order valence-electron chi connectivity index (χ4n) is 2.96. The van der Waals surface area contributed by atoms with Crippen LogP contribution in [0.15, 0.2) is 24.3 Å². The standard InChI is InChI=1S/C13H12F2N2O4/c14-13(15)5-12(6-13)7-16(8-12)11(18)21-10-3-1-9(2-4-10)17(19)20/h1-4H,5-8H2. The fraction of sp³-hybridized carbons (Fsp3) is 0.462. The predicted molar refractivity (Wildman–Crippen MR) is 67.3 cm³/mol. The van der Waals surface area contributed by atoms with Gasteiger partial charge in [-0.05, 0) is 12.1 Å². The number of nitro groups is 1. The molecule has 1 saturated carbocycles. The second kappa shape index (κ2) is 4.37. The Morgan fingerprint density at radius 2 is 1.81 bits per heavy atom. The number of halogens is 2. The van der Waals surface area contributed by atoms with Crippen LogP contribution < -0.4 is 4.74 Å². The summed E-state index contributed by atoms with van der Waals surface area (Å²) in [4.78, 5) is 23.1. The summed E-state index contributed by atoms with van der Waals surface area (Å²) >= 11 is 0. The lowest BCUT2D eigenvalue weighted by atomic mass is 9.61. The maximum atomic E-state index is 12.8. The van der Waals surface area contributed by atoms with Crippen LogP contribution >= 0.6 is 0 Å². The minimum atomic E-state index is -2.60. The lowest BCUT2D eigenvalue weighted by molar-refractivity contribution is -0.384. The van der Waals surface area contributed by atoms with E-state index in [1.54, 1.807) is 0 Å². The highest BCUT2D eigenvalue weighted by Gasteiger charge is 2.62. The number of carbonyl (C=O) groups is 1. The molecule has 0 aromatic heterocycles. The molecule has 112 valence electrons. The van der Waals surface area contributed by atoms with Crippen LogP contribution in [0.5, 0.6) is 5.75 Å². The first-order chi connectivity index (χ1) is 9.79. The molecule has 1 heterocycles. The highest BCUT2D eigenvalue weighted by Crippen LogP contribution is 2.56. The predicted octanol–water partition coefficient (Wildman–Crippen LogP) is 2.82. The van der Waals surface area contributed by atoms with Gasteiger partial charge in [-0.2, -0.15) is 0 Å². The van der Waals surface area contributed by atoms with Crippen molar-refractivity contribution in [3.05, 3.63) is 34.4 Å². The lowest BCUT2D eigenvalue weighted by Gasteiger charge is -2.57. The van der Waals surface area contributed by atoms with Crippen LogP contribution in [-0.4, -0.2) is 34.9 Å². The van der Waals surface area contributed by atoms with Crippen LogP contribution in [-0.2, 0) is 0 Å². The van der Waals surface area contributed by atoms with Crippen molar-refractivity contribution in [1.82, 2.24) is 4.90 Å². The summed E-state index contributed by atoms with van der Waals surface area (Å²) in [5.41, 5.74) is -0.549. The normalized spacial score (nSPS) is 21.3. The Balaban J connectivity index is 1.53. The molecule has 1 amide bonds. The molecule has 0 N–H and O–H groups in total. The van der Waals surface area contributed by atoms with E-state index in [1.165, 1.54) is 29.2 Å². The average molecular weight is 298 g/mol. The Kier molecular flexibility index (Phi) is 2.86. The first kappa shape index (κ1) is 13.7. The van der Waals surface area contributed by atoms with Gasteiger partial charge in [0, 0.05) is 43.5 Å². The number of hydrogen-bond acceptors (Lipinski definition) is 4. The van der Waals surface area contributed by atoms with Gasteiger partial charge in [-0.25, -0.2) is 13.6 Å². The van der Waals surface area contributed by atoms with Crippen LogP contribution in [0.2, 0.25) is 0 Å². The Bertz CT molecular complexity index is 587. The van der Waals surface area contributed by atoms with E-state index in [1.807, 2.05) is 0 Å². The molecule has 6 nitrogen and oxygen atoms in total. The monoisotopic (exact) mass is 298 g/mol. The number of hydrogen-bond donors (Lipinski definition) is 0. The average Bonchev–Trinajstić information content (AvgIpc) is 2.33. The Labute approximate surface area is 118 Å². The number of carbonyl (C=O) groups excluding carboxylic acids is 1. The van der Waals surface area contributed by atoms with E-state index in [-0.39, 0.29) is 37.4 Å². The van der Waals surface area contributed by atoms with Crippen molar-refractivity contribution in [2.45, 2.75) is 18.8 Å². The van der Waals surface area contributed by atoms with Crippen LogP contribution in [0.3, 0.4) is 0 Å². The van der Waals surface area contributed by atoms with Gasteiger partial charge in [-0.1, -0.05) is 0 Å². The van der Waals surface area contributed by atoms with Gasteiger partial charge < -0.3 is 9.64 Å². The van der Waals surface area contributed by atoms with Crippen LogP contribution in [0.1, 0.15) is 12.8 Å². The Morgan fingerprint density at radius 3 is 2.29 bits per heavy atom. The first-order valence-electron chi connectivity index (χ1n) is 6.38. The highest BCUT2D eigenvalue weighted by molar-refractivity contribution is 5.72. The zero-order chi connectivity index (χ0) is 15.3. The van der Waals surface area contributed by atoms with Crippen molar-refractivity contribution in [3.63, 3.8) is 0 Å². The molecule has 1 spiro atoms. The zero-order valence-corrected chi connectivity index (χ0v) is 10.9. The summed E-state index contributed by atoms with van der Waals surface area (Å²) in [5.74, 6) is -2.42. The molecule has 0 radical (unpaired) electrons. The van der Waals surface area contributed by atoms with Crippen molar-refractivity contribution in [2.75, 3.05) is 13.1 Å². The molecule has 8 heteroatoms. The molecular weight excluding hydrogens is 286 g/mol. The van der Waals surface area contributed by atoms with Gasteiger partial charge in [0.15, 0.2) is 0 Å². The number of benzene rings is 1. The first-order valence-corrected chi connectivity index (χ1v) is 6.38. The van der Waals surface area contributed by atoms with E-state index in [0.29, 0.717) is 0 Å². The molecule has 0 bridgehead atoms. The van der Waals surface area contributed by atoms with E-state index < -0.39 is 22.4 Å². The molecular formula is C13H12F2N2O4. The van der Waals surface area contributed by atoms with Gasteiger partial charge in [-0.3, -0.25) is 10.1 Å². The van der Waals surface area contributed by atoms with Gasteiger partial charge in [0.2, 0.25) is 5.92 Å². The molecule has 1 saturated heterocycles. The van der Waals surface area contributed by atoms with Gasteiger partial charge in [0.1, 0.15) is 5.75 Å². The molecule has 1 aromatic rings. The van der Waals surface area contributed by atoms with Gasteiger partial charge in [0.05, 0.1) is 4.92 Å². The van der Waals surface area contributed by atoms with E-state index in [9.17, 15) is 23.7 Å². The van der Waals surface area contributed by atoms with Crippen LogP contribution in [0, 0.1) is 15.5 Å². The molecule has 0 unspecified atom stereocenters. The SMILES string of the molecule is O=C(Oc1ccc([N+](=O)[O-])cc1)N1CC2(C1)CC(F)(F)C2. The summed E-state index contributed by atoms with van der Waals surface area (Å²) in [6.07, 6.45) is -0.979. The maximum Gasteiger partial charge on any atom is 0.415 e. The third kappa shape index (κ3) is 2.53. The number of alkyl halides is 2. The van der Waals surface area contributed by atoms with Crippen LogP contribution in [0.25, 0.3) is 0 Å². The van der Waals surface area contributed by atoms with Gasteiger partial charge in [-0.15, -0.1) is 0 Å². The van der Waals surface area contributed by atoms with Crippen molar-refractivity contribution >= 4 is 11.8 Å². The van der Waals surface area contributed by atoms with Crippen molar-refractivity contribution in [2.24, 2.45) is 5.41 Å². The van der Waals surface area contributed by atoms with Gasteiger partial charge >= 0.3 is 6.09 Å². The third-order valence-electron chi connectivity index (χ3n) is 3.83. The Hall–Kier alpha value is -2.25. The maximum absolute atomic E-state index is 12.8. The van der Waals surface area contributed by atoms with Crippen LogP contribution in [0.4, 0.5) is 19.3 Å². The number of amides is 1. The minimum Gasteiger partial charge on any atom is -0.410 e. The molecule has 2 fully saturated rings. The molecule has 0 atom stereocenters. The van der Waals surface area contributed by atoms with Crippen molar-refractivity contribution in [3.8, 4) is 5.75 Å². The third-order valence-corrected chi connectivity index (χ3v) is 3.83. The van der Waals surface area contributed by atoms with E-state index in [2.05, 4.69) is 0 Å². The molecule has 21 heavy (non-hydrogen) atoms. The molecule has 1 aliphatic heterocycles. The van der Waals surface area contributed by atoms with Gasteiger partial charge in [0.25, 0.3) is 5.69 Å². The second-order valence-corrected chi connectivity index (χ2v) is 5.68. The Morgan fingerprint density at radius 1 is 1.24 bits per heavy atom. The number of ether oxygens (including phenoxy) is 1. The number of nitro benzene ring substituents is 1. The quantitative estimate of drug-likeness (QED) is 0.621. The minimum absolute atomic E-state index is 0.102. The lowest BCUT2D eigenvalue weighted by Crippen LogP contribution is -2.67. The summed E-state index contributed by atoms with van der Waals surface area (Å²) < 4.78 is 30.7. The molecule has 1 aromatic carbocycles. The largest absolute Gasteiger partial charge is 0.415 e. The molecule has 3 rings (SSSR count). The summed E-state index contributed by atoms with van der Waals surface area (Å²) in [7, 11) is 0. The smallest absolute Gasteiger partial charge is 0.410 e. The van der Waals surface area contributed by atoms with E-state index >= 15 is 0 Å². The summed E-state index contributed by atoms with van der Waals surface area (Å²) in [5, 5.41) is 10.5. The summed E-state index contributed by atoms with van der Waals surface area (Å²) in [6, 6.07) is 5.10. The van der Waals surface area contributed by atoms with E-state index in [4.69, 9.17) is 4.74 Å². The van der Waals surface area contributed by atoms with Crippen molar-refractivity contribution in [1.29, 1.82) is 0 Å². The zero-order valence-electron chi connectivity index (χ0n) is 10.9.